The van der Waals surface area contributed by atoms with Crippen LogP contribution >= 0.6 is 11.3 Å². The van der Waals surface area contributed by atoms with Crippen molar-refractivity contribution < 1.29 is 19.2 Å². The molecule has 2 aromatic carbocycles. The maximum Gasteiger partial charge on any atom is 0.339 e. The van der Waals surface area contributed by atoms with E-state index in [4.69, 9.17) is 10.5 Å². The SMILES string of the molecule is C[C@@H](OC(=O)c1ccc(N)c([N+](=O)[O-])c1)C(=O)Nc1nc(-c2ccccc2)cs1. The number of nitrogen functional groups attached to an aromatic ring is 1. The highest BCUT2D eigenvalue weighted by Crippen LogP contribution is 2.25. The Labute approximate surface area is 169 Å². The van der Waals surface area contributed by atoms with Gasteiger partial charge in [0.25, 0.3) is 11.6 Å². The third kappa shape index (κ3) is 4.74. The highest BCUT2D eigenvalue weighted by molar-refractivity contribution is 7.14. The van der Waals surface area contributed by atoms with E-state index in [0.29, 0.717) is 10.8 Å². The molecule has 3 N–H and O–H groups in total. The van der Waals surface area contributed by atoms with Crippen LogP contribution in [0.2, 0.25) is 0 Å². The van der Waals surface area contributed by atoms with Gasteiger partial charge < -0.3 is 10.5 Å². The lowest BCUT2D eigenvalue weighted by molar-refractivity contribution is -0.383. The molecule has 0 fully saturated rings. The molecule has 0 aliphatic heterocycles. The van der Waals surface area contributed by atoms with Gasteiger partial charge in [-0.1, -0.05) is 30.3 Å². The highest BCUT2D eigenvalue weighted by Gasteiger charge is 2.22. The standard InChI is InChI=1S/C19H16N4O5S/c1-11(28-18(25)13-7-8-14(20)16(9-13)23(26)27)17(24)22-19-21-15(10-29-19)12-5-3-2-4-6-12/h2-11H,20H2,1H3,(H,21,22,24)/t11-/m1/s1. The number of hydrogen-bond acceptors (Lipinski definition) is 8. The maximum atomic E-state index is 12.3. The molecule has 0 radical (unpaired) electrons. The van der Waals surface area contributed by atoms with E-state index in [1.807, 2.05) is 30.3 Å². The Morgan fingerprint density at radius 1 is 1.24 bits per heavy atom. The monoisotopic (exact) mass is 412 g/mol. The molecule has 10 heteroatoms. The predicted octanol–water partition coefficient (Wildman–Crippen LogP) is 3.48. The van der Waals surface area contributed by atoms with Crippen molar-refractivity contribution >= 4 is 39.7 Å². The fourth-order valence-corrected chi connectivity index (χ4v) is 3.11. The van der Waals surface area contributed by atoms with Crippen LogP contribution in [0.1, 0.15) is 17.3 Å². The van der Waals surface area contributed by atoms with Gasteiger partial charge in [0.15, 0.2) is 11.2 Å². The van der Waals surface area contributed by atoms with Gasteiger partial charge in [0, 0.05) is 17.0 Å². The summed E-state index contributed by atoms with van der Waals surface area (Å²) in [5.41, 5.74) is 6.57. The number of nitrogens with zero attached hydrogens (tertiary/aromatic N) is 2. The molecular weight excluding hydrogens is 396 g/mol. The van der Waals surface area contributed by atoms with Crippen LogP contribution in [0.5, 0.6) is 0 Å². The molecule has 0 saturated carbocycles. The number of nitrogens with two attached hydrogens (primary N) is 1. The molecule has 3 aromatic rings. The summed E-state index contributed by atoms with van der Waals surface area (Å²) in [6.07, 6.45) is -1.14. The van der Waals surface area contributed by atoms with Gasteiger partial charge in [-0.25, -0.2) is 9.78 Å². The van der Waals surface area contributed by atoms with E-state index in [1.54, 1.807) is 5.38 Å². The summed E-state index contributed by atoms with van der Waals surface area (Å²) < 4.78 is 5.10. The zero-order valence-electron chi connectivity index (χ0n) is 15.2. The molecule has 9 nitrogen and oxygen atoms in total. The molecule has 0 aliphatic rings. The van der Waals surface area contributed by atoms with Crippen LogP contribution in [0.3, 0.4) is 0 Å². The average Bonchev–Trinajstić information content (AvgIpc) is 3.17. The highest BCUT2D eigenvalue weighted by atomic mass is 32.1. The van der Waals surface area contributed by atoms with Crippen molar-refractivity contribution in [2.75, 3.05) is 11.1 Å². The molecule has 0 aliphatic carbocycles. The molecule has 1 heterocycles. The third-order valence-corrected chi connectivity index (χ3v) is 4.68. The van der Waals surface area contributed by atoms with Crippen molar-refractivity contribution in [2.45, 2.75) is 13.0 Å². The van der Waals surface area contributed by atoms with Gasteiger partial charge in [-0.15, -0.1) is 11.3 Å². The van der Waals surface area contributed by atoms with Crippen molar-refractivity contribution in [3.63, 3.8) is 0 Å². The van der Waals surface area contributed by atoms with E-state index in [0.717, 1.165) is 11.6 Å². The number of carbonyl (C=O) groups excluding carboxylic acids is 2. The molecule has 0 saturated heterocycles. The van der Waals surface area contributed by atoms with Gasteiger partial charge in [0.1, 0.15) is 5.69 Å². The Balaban J connectivity index is 1.64. The summed E-state index contributed by atoms with van der Waals surface area (Å²) >= 11 is 1.24. The van der Waals surface area contributed by atoms with Crippen LogP contribution < -0.4 is 11.1 Å². The summed E-state index contributed by atoms with van der Waals surface area (Å²) in [6.45, 7) is 1.39. The number of benzene rings is 2. The number of ether oxygens (including phenoxy) is 1. The summed E-state index contributed by atoms with van der Waals surface area (Å²) in [5, 5.41) is 15.7. The van der Waals surface area contributed by atoms with Crippen LogP contribution in [0.25, 0.3) is 11.3 Å². The van der Waals surface area contributed by atoms with Gasteiger partial charge in [-0.05, 0) is 19.1 Å². The first kappa shape index (κ1) is 20.0. The normalized spacial score (nSPS) is 11.5. The molecule has 1 atom stereocenters. The molecule has 0 spiro atoms. The second-order valence-corrected chi connectivity index (χ2v) is 6.83. The Morgan fingerprint density at radius 3 is 2.66 bits per heavy atom. The van der Waals surface area contributed by atoms with Crippen molar-refractivity contribution in [3.8, 4) is 11.3 Å². The average molecular weight is 412 g/mol. The van der Waals surface area contributed by atoms with E-state index in [-0.39, 0.29) is 11.3 Å². The zero-order valence-corrected chi connectivity index (χ0v) is 16.0. The van der Waals surface area contributed by atoms with Gasteiger partial charge in [0.2, 0.25) is 0 Å². The van der Waals surface area contributed by atoms with Crippen molar-refractivity contribution in [2.24, 2.45) is 0 Å². The number of anilines is 2. The van der Waals surface area contributed by atoms with Gasteiger partial charge in [-0.2, -0.15) is 0 Å². The Bertz CT molecular complexity index is 1070. The molecule has 29 heavy (non-hydrogen) atoms. The first-order valence-corrected chi connectivity index (χ1v) is 9.30. The minimum Gasteiger partial charge on any atom is -0.449 e. The molecular formula is C19H16N4O5S. The van der Waals surface area contributed by atoms with Crippen LogP contribution in [0.4, 0.5) is 16.5 Å². The summed E-state index contributed by atoms with van der Waals surface area (Å²) in [6, 6.07) is 13.0. The number of hydrogen-bond donors (Lipinski definition) is 2. The third-order valence-electron chi connectivity index (χ3n) is 3.92. The van der Waals surface area contributed by atoms with E-state index in [9.17, 15) is 19.7 Å². The lowest BCUT2D eigenvalue weighted by Crippen LogP contribution is -2.30. The number of esters is 1. The quantitative estimate of drug-likeness (QED) is 0.273. The summed E-state index contributed by atoms with van der Waals surface area (Å²) in [5.74, 6) is -1.45. The van der Waals surface area contributed by atoms with Gasteiger partial charge in [-0.3, -0.25) is 20.2 Å². The van der Waals surface area contributed by atoms with E-state index in [1.165, 1.54) is 30.4 Å². The zero-order chi connectivity index (χ0) is 21.0. The van der Waals surface area contributed by atoms with E-state index >= 15 is 0 Å². The fraction of sp³-hybridized carbons (Fsp3) is 0.105. The number of thiazole rings is 1. The van der Waals surface area contributed by atoms with Crippen LogP contribution in [0, 0.1) is 10.1 Å². The van der Waals surface area contributed by atoms with Gasteiger partial charge in [0.05, 0.1) is 16.2 Å². The number of nitrogens with one attached hydrogen (secondary N) is 1. The first-order chi connectivity index (χ1) is 13.8. The molecule has 1 aromatic heterocycles. The number of carbonyl (C=O) groups is 2. The number of rotatable bonds is 6. The van der Waals surface area contributed by atoms with Crippen molar-refractivity contribution in [3.05, 3.63) is 69.6 Å². The van der Waals surface area contributed by atoms with Crippen LogP contribution in [0.15, 0.2) is 53.9 Å². The molecule has 0 bridgehead atoms. The van der Waals surface area contributed by atoms with Crippen molar-refractivity contribution in [1.82, 2.24) is 4.98 Å². The lowest BCUT2D eigenvalue weighted by atomic mass is 10.2. The summed E-state index contributed by atoms with van der Waals surface area (Å²) in [4.78, 5) is 39.1. The lowest BCUT2D eigenvalue weighted by Gasteiger charge is -2.12. The smallest absolute Gasteiger partial charge is 0.339 e. The van der Waals surface area contributed by atoms with Crippen LogP contribution in [-0.2, 0) is 9.53 Å². The molecule has 148 valence electrons. The molecule has 1 amide bonds. The van der Waals surface area contributed by atoms with Gasteiger partial charge >= 0.3 is 5.97 Å². The minimum atomic E-state index is -1.14. The second-order valence-electron chi connectivity index (χ2n) is 5.97. The minimum absolute atomic E-state index is 0.0738. The Morgan fingerprint density at radius 2 is 1.97 bits per heavy atom. The Hall–Kier alpha value is -3.79. The fourth-order valence-electron chi connectivity index (χ4n) is 2.39. The first-order valence-electron chi connectivity index (χ1n) is 8.42. The predicted molar refractivity (Wildman–Crippen MR) is 109 cm³/mol. The van der Waals surface area contributed by atoms with E-state index < -0.39 is 28.6 Å². The van der Waals surface area contributed by atoms with E-state index in [2.05, 4.69) is 10.3 Å². The number of aromatic nitrogens is 1. The largest absolute Gasteiger partial charge is 0.449 e. The molecule has 3 rings (SSSR count). The number of nitro groups is 1. The Kier molecular flexibility index (Phi) is 5.84. The van der Waals surface area contributed by atoms with Crippen molar-refractivity contribution in [1.29, 1.82) is 0 Å². The topological polar surface area (TPSA) is 137 Å². The van der Waals surface area contributed by atoms with Crippen LogP contribution in [-0.4, -0.2) is 27.9 Å². The second kappa shape index (κ2) is 8.48. The number of amides is 1. The number of nitro benzene ring substituents is 1. The summed E-state index contributed by atoms with van der Waals surface area (Å²) in [7, 11) is 0. The molecule has 0 unspecified atom stereocenters. The maximum absolute atomic E-state index is 12.3.